The van der Waals surface area contributed by atoms with Crippen LogP contribution < -0.4 is 9.64 Å². The van der Waals surface area contributed by atoms with Crippen LogP contribution in [0.4, 0.5) is 11.4 Å². The Morgan fingerprint density at radius 2 is 1.71 bits per heavy atom. The average Bonchev–Trinajstić information content (AvgIpc) is 2.72. The number of amides is 1. The van der Waals surface area contributed by atoms with Crippen molar-refractivity contribution in [3.8, 4) is 5.75 Å². The van der Waals surface area contributed by atoms with E-state index in [1.165, 1.54) is 17.0 Å². The molecule has 3 aromatic rings. The molecule has 0 aromatic heterocycles. The lowest BCUT2D eigenvalue weighted by molar-refractivity contribution is -0.384. The highest BCUT2D eigenvalue weighted by molar-refractivity contribution is 6.32. The van der Waals surface area contributed by atoms with Gasteiger partial charge in [0, 0.05) is 12.1 Å². The van der Waals surface area contributed by atoms with Gasteiger partial charge >= 0.3 is 0 Å². The van der Waals surface area contributed by atoms with Crippen LogP contribution in [0, 0.1) is 10.1 Å². The van der Waals surface area contributed by atoms with Crippen LogP contribution in [0.25, 0.3) is 0 Å². The zero-order valence-corrected chi connectivity index (χ0v) is 15.6. The van der Waals surface area contributed by atoms with Gasteiger partial charge in [0.25, 0.3) is 11.6 Å². The van der Waals surface area contributed by atoms with Crippen LogP contribution in [-0.4, -0.2) is 17.4 Å². The molecule has 0 radical (unpaired) electrons. The lowest BCUT2D eigenvalue weighted by atomic mass is 10.2. The molecule has 3 aromatic carbocycles. The molecule has 7 heteroatoms. The molecular weight excluding hydrogens is 380 g/mol. The summed E-state index contributed by atoms with van der Waals surface area (Å²) in [7, 11) is 0. The molecule has 0 saturated heterocycles. The number of carbonyl (C=O) groups is 1. The Labute approximate surface area is 167 Å². The Morgan fingerprint density at radius 3 is 2.43 bits per heavy atom. The fraction of sp³-hybridized carbons (Fsp3) is 0.0952. The number of halogens is 1. The van der Waals surface area contributed by atoms with Gasteiger partial charge in [-0.25, -0.2) is 0 Å². The second kappa shape index (κ2) is 9.01. The second-order valence-electron chi connectivity index (χ2n) is 5.96. The second-order valence-corrected chi connectivity index (χ2v) is 6.37. The maximum absolute atomic E-state index is 12.9. The SMILES string of the molecule is O=C(COc1ccccc1Cl)N(Cc1ccccc1)c1cccc([N+](=O)[O-])c1. The predicted octanol–water partition coefficient (Wildman–Crippen LogP) is 4.86. The normalized spacial score (nSPS) is 10.3. The first-order valence-electron chi connectivity index (χ1n) is 8.50. The zero-order chi connectivity index (χ0) is 19.9. The van der Waals surface area contributed by atoms with E-state index >= 15 is 0 Å². The third-order valence-electron chi connectivity index (χ3n) is 4.02. The number of nitro groups is 1. The van der Waals surface area contributed by atoms with E-state index in [0.717, 1.165) is 5.56 Å². The number of para-hydroxylation sites is 1. The fourth-order valence-electron chi connectivity index (χ4n) is 2.64. The topological polar surface area (TPSA) is 72.7 Å². The Morgan fingerprint density at radius 1 is 1.00 bits per heavy atom. The predicted molar refractivity (Wildman–Crippen MR) is 108 cm³/mol. The summed E-state index contributed by atoms with van der Waals surface area (Å²) >= 11 is 6.06. The molecule has 0 spiro atoms. The largest absolute Gasteiger partial charge is 0.482 e. The van der Waals surface area contributed by atoms with Gasteiger partial charge in [-0.2, -0.15) is 0 Å². The van der Waals surface area contributed by atoms with E-state index in [-0.39, 0.29) is 24.7 Å². The first kappa shape index (κ1) is 19.4. The van der Waals surface area contributed by atoms with Crippen LogP contribution in [-0.2, 0) is 11.3 Å². The summed E-state index contributed by atoms with van der Waals surface area (Å²) in [6.45, 7) is 0.00593. The molecule has 0 aliphatic heterocycles. The number of hydrogen-bond donors (Lipinski definition) is 0. The van der Waals surface area contributed by atoms with Gasteiger partial charge in [0.1, 0.15) is 5.75 Å². The summed E-state index contributed by atoms with van der Waals surface area (Å²) in [5.74, 6) is 0.0560. The molecule has 0 N–H and O–H groups in total. The molecular formula is C21H17ClN2O4. The molecule has 0 aliphatic rings. The summed E-state index contributed by atoms with van der Waals surface area (Å²) in [5.41, 5.74) is 1.22. The van der Waals surface area contributed by atoms with Crippen molar-refractivity contribution in [3.63, 3.8) is 0 Å². The molecule has 28 heavy (non-hydrogen) atoms. The average molecular weight is 397 g/mol. The molecule has 3 rings (SSSR count). The van der Waals surface area contributed by atoms with Crippen LogP contribution in [0.15, 0.2) is 78.9 Å². The van der Waals surface area contributed by atoms with Gasteiger partial charge in [0.05, 0.1) is 22.2 Å². The molecule has 0 atom stereocenters. The van der Waals surface area contributed by atoms with E-state index < -0.39 is 4.92 Å². The highest BCUT2D eigenvalue weighted by Gasteiger charge is 2.19. The molecule has 0 aliphatic carbocycles. The molecule has 6 nitrogen and oxygen atoms in total. The number of ether oxygens (including phenoxy) is 1. The maximum Gasteiger partial charge on any atom is 0.271 e. The Kier molecular flexibility index (Phi) is 6.24. The minimum Gasteiger partial charge on any atom is -0.482 e. The molecule has 0 bridgehead atoms. The first-order chi connectivity index (χ1) is 13.5. The minimum atomic E-state index is -0.491. The Bertz CT molecular complexity index is 979. The molecule has 1 amide bonds. The quantitative estimate of drug-likeness (QED) is 0.422. The summed E-state index contributed by atoms with van der Waals surface area (Å²) in [6, 6.07) is 22.2. The Balaban J connectivity index is 1.85. The first-order valence-corrected chi connectivity index (χ1v) is 8.88. The lowest BCUT2D eigenvalue weighted by Gasteiger charge is -2.23. The minimum absolute atomic E-state index is 0.0876. The van der Waals surface area contributed by atoms with E-state index in [4.69, 9.17) is 16.3 Å². The number of anilines is 1. The van der Waals surface area contributed by atoms with Crippen molar-refractivity contribution < 1.29 is 14.5 Å². The third-order valence-corrected chi connectivity index (χ3v) is 4.34. The number of benzene rings is 3. The number of nitrogens with zero attached hydrogens (tertiary/aromatic N) is 2. The highest BCUT2D eigenvalue weighted by atomic mass is 35.5. The van der Waals surface area contributed by atoms with Crippen LogP contribution in [0.2, 0.25) is 5.02 Å². The van der Waals surface area contributed by atoms with Crippen LogP contribution in [0.3, 0.4) is 0 Å². The number of rotatable bonds is 7. The van der Waals surface area contributed by atoms with Gasteiger partial charge in [0.2, 0.25) is 0 Å². The van der Waals surface area contributed by atoms with Gasteiger partial charge in [0.15, 0.2) is 6.61 Å². The summed E-state index contributed by atoms with van der Waals surface area (Å²) < 4.78 is 5.56. The smallest absolute Gasteiger partial charge is 0.271 e. The van der Waals surface area contributed by atoms with Crippen molar-refractivity contribution in [1.82, 2.24) is 0 Å². The molecule has 0 heterocycles. The van der Waals surface area contributed by atoms with Crippen molar-refractivity contribution in [1.29, 1.82) is 0 Å². The molecule has 0 saturated carbocycles. The summed E-state index contributed by atoms with van der Waals surface area (Å²) in [6.07, 6.45) is 0. The number of non-ortho nitro benzene ring substituents is 1. The summed E-state index contributed by atoms with van der Waals surface area (Å²) in [4.78, 5) is 25.0. The fourth-order valence-corrected chi connectivity index (χ4v) is 2.83. The van der Waals surface area contributed by atoms with E-state index in [1.54, 1.807) is 36.4 Å². The number of hydrogen-bond acceptors (Lipinski definition) is 4. The zero-order valence-electron chi connectivity index (χ0n) is 14.8. The van der Waals surface area contributed by atoms with Gasteiger partial charge in [-0.3, -0.25) is 14.9 Å². The van der Waals surface area contributed by atoms with Crippen molar-refractivity contribution in [2.45, 2.75) is 6.54 Å². The van der Waals surface area contributed by atoms with Crippen LogP contribution in [0.1, 0.15) is 5.56 Å². The van der Waals surface area contributed by atoms with Crippen LogP contribution in [0.5, 0.6) is 5.75 Å². The van der Waals surface area contributed by atoms with Gasteiger partial charge < -0.3 is 9.64 Å². The lowest BCUT2D eigenvalue weighted by Crippen LogP contribution is -2.34. The number of nitro benzene ring substituents is 1. The van der Waals surface area contributed by atoms with E-state index in [9.17, 15) is 14.9 Å². The molecule has 142 valence electrons. The van der Waals surface area contributed by atoms with E-state index in [1.807, 2.05) is 30.3 Å². The Hall–Kier alpha value is -3.38. The van der Waals surface area contributed by atoms with Gasteiger partial charge in [-0.1, -0.05) is 60.1 Å². The van der Waals surface area contributed by atoms with Crippen molar-refractivity contribution in [3.05, 3.63) is 99.6 Å². The standard InChI is InChI=1S/C21H17ClN2O4/c22-19-11-4-5-12-20(19)28-15-21(25)23(14-16-7-2-1-3-8-16)17-9-6-10-18(13-17)24(26)27/h1-13H,14-15H2. The van der Waals surface area contributed by atoms with Crippen LogP contribution >= 0.6 is 11.6 Å². The van der Waals surface area contributed by atoms with Crippen molar-refractivity contribution >= 4 is 28.9 Å². The van der Waals surface area contributed by atoms with Gasteiger partial charge in [-0.05, 0) is 23.8 Å². The summed E-state index contributed by atoms with van der Waals surface area (Å²) in [5, 5.41) is 11.5. The number of carbonyl (C=O) groups excluding carboxylic acids is 1. The highest BCUT2D eigenvalue weighted by Crippen LogP contribution is 2.25. The van der Waals surface area contributed by atoms with Crippen molar-refractivity contribution in [2.24, 2.45) is 0 Å². The maximum atomic E-state index is 12.9. The van der Waals surface area contributed by atoms with Gasteiger partial charge in [-0.15, -0.1) is 0 Å². The van der Waals surface area contributed by atoms with E-state index in [2.05, 4.69) is 0 Å². The monoisotopic (exact) mass is 396 g/mol. The molecule has 0 fully saturated rings. The van der Waals surface area contributed by atoms with Crippen molar-refractivity contribution in [2.75, 3.05) is 11.5 Å². The molecule has 0 unspecified atom stereocenters. The third kappa shape index (κ3) is 4.86. The van der Waals surface area contributed by atoms with E-state index in [0.29, 0.717) is 16.5 Å².